The number of aromatic carboxylic acids is 1. The van der Waals surface area contributed by atoms with Gasteiger partial charge in [0.15, 0.2) is 0 Å². The van der Waals surface area contributed by atoms with Crippen molar-refractivity contribution in [2.75, 3.05) is 23.3 Å². The first-order valence-corrected chi connectivity index (χ1v) is 8.63. The van der Waals surface area contributed by atoms with E-state index in [-0.39, 0.29) is 5.56 Å². The topological polar surface area (TPSA) is 69.6 Å². The van der Waals surface area contributed by atoms with Crippen LogP contribution in [0.2, 0.25) is 0 Å². The lowest BCUT2D eigenvalue weighted by atomic mass is 9.99. The number of rotatable bonds is 4. The van der Waals surface area contributed by atoms with Crippen molar-refractivity contribution in [3.8, 4) is 0 Å². The molecule has 1 fully saturated rings. The second kappa shape index (κ2) is 7.56. The third-order valence-corrected chi connectivity index (χ3v) is 4.60. The second-order valence-corrected chi connectivity index (χ2v) is 6.69. The normalized spacial score (nSPS) is 17.0. The van der Waals surface area contributed by atoms with Gasteiger partial charge in [0, 0.05) is 18.7 Å². The Kier molecular flexibility index (Phi) is 5.21. The molecule has 26 heavy (non-hydrogen) atoms. The molecule has 0 spiro atoms. The molecular weight excluding hydrogens is 335 g/mol. The first-order valence-electron chi connectivity index (χ1n) is 8.63. The number of carboxylic acid groups (broad SMARTS) is 1. The minimum absolute atomic E-state index is 0.105. The van der Waals surface area contributed by atoms with Crippen molar-refractivity contribution in [3.63, 3.8) is 0 Å². The van der Waals surface area contributed by atoms with Gasteiger partial charge in [-0.15, -0.1) is 0 Å². The highest BCUT2D eigenvalue weighted by Gasteiger charge is 2.21. The number of carbonyl (C=O) groups is 2. The highest BCUT2D eigenvalue weighted by atomic mass is 19.1. The Morgan fingerprint density at radius 1 is 1.15 bits per heavy atom. The lowest BCUT2D eigenvalue weighted by Gasteiger charge is -2.34. The van der Waals surface area contributed by atoms with Crippen LogP contribution in [0.1, 0.15) is 40.5 Å². The third kappa shape index (κ3) is 4.02. The average Bonchev–Trinajstić information content (AvgIpc) is 2.62. The van der Waals surface area contributed by atoms with Crippen molar-refractivity contribution in [1.29, 1.82) is 0 Å². The molecule has 136 valence electrons. The highest BCUT2D eigenvalue weighted by Crippen LogP contribution is 2.31. The van der Waals surface area contributed by atoms with Crippen LogP contribution in [0.3, 0.4) is 0 Å². The summed E-state index contributed by atoms with van der Waals surface area (Å²) in [7, 11) is 0. The van der Waals surface area contributed by atoms with E-state index in [2.05, 4.69) is 17.1 Å². The highest BCUT2D eigenvalue weighted by molar-refractivity contribution is 6.06. The Morgan fingerprint density at radius 2 is 1.85 bits per heavy atom. The van der Waals surface area contributed by atoms with Gasteiger partial charge in [-0.2, -0.15) is 0 Å². The molecule has 1 atom stereocenters. The molecule has 2 N–H and O–H groups in total. The molecular formula is C20H21FN2O3. The number of carboxylic acids is 1. The lowest BCUT2D eigenvalue weighted by Crippen LogP contribution is -2.35. The van der Waals surface area contributed by atoms with E-state index in [9.17, 15) is 19.1 Å². The van der Waals surface area contributed by atoms with E-state index in [1.807, 2.05) is 0 Å². The van der Waals surface area contributed by atoms with Gasteiger partial charge < -0.3 is 15.3 Å². The maximum atomic E-state index is 13.1. The van der Waals surface area contributed by atoms with Gasteiger partial charge in [-0.3, -0.25) is 4.79 Å². The smallest absolute Gasteiger partial charge is 0.335 e. The van der Waals surface area contributed by atoms with Crippen LogP contribution >= 0.6 is 0 Å². The molecule has 3 rings (SSSR count). The summed E-state index contributed by atoms with van der Waals surface area (Å²) >= 11 is 0. The zero-order valence-electron chi connectivity index (χ0n) is 14.5. The van der Waals surface area contributed by atoms with Crippen molar-refractivity contribution in [2.45, 2.75) is 19.8 Å². The van der Waals surface area contributed by atoms with Crippen LogP contribution in [0.5, 0.6) is 0 Å². The molecule has 0 aromatic heterocycles. The van der Waals surface area contributed by atoms with Crippen LogP contribution in [0.4, 0.5) is 15.8 Å². The second-order valence-electron chi connectivity index (χ2n) is 6.69. The molecule has 2 aromatic carbocycles. The molecule has 1 saturated heterocycles. The quantitative estimate of drug-likeness (QED) is 0.868. The summed E-state index contributed by atoms with van der Waals surface area (Å²) in [5, 5.41) is 12.1. The predicted octanol–water partition coefficient (Wildman–Crippen LogP) is 4.01. The van der Waals surface area contributed by atoms with E-state index in [1.165, 1.54) is 30.3 Å². The zero-order chi connectivity index (χ0) is 18.7. The Balaban J connectivity index is 1.91. The maximum Gasteiger partial charge on any atom is 0.335 e. The van der Waals surface area contributed by atoms with Gasteiger partial charge in [0.25, 0.3) is 5.91 Å². The molecule has 1 aliphatic heterocycles. The molecule has 0 radical (unpaired) electrons. The van der Waals surface area contributed by atoms with Crippen LogP contribution < -0.4 is 10.2 Å². The van der Waals surface area contributed by atoms with Crippen LogP contribution in [-0.4, -0.2) is 30.1 Å². The summed E-state index contributed by atoms with van der Waals surface area (Å²) in [6.07, 6.45) is 2.20. The average molecular weight is 356 g/mol. The number of hydrogen-bond acceptors (Lipinski definition) is 3. The Labute approximate surface area is 151 Å². The van der Waals surface area contributed by atoms with Crippen LogP contribution in [-0.2, 0) is 0 Å². The number of anilines is 2. The van der Waals surface area contributed by atoms with Crippen molar-refractivity contribution in [1.82, 2.24) is 0 Å². The number of nitrogens with zero attached hydrogens (tertiary/aromatic N) is 1. The predicted molar refractivity (Wildman–Crippen MR) is 98.4 cm³/mol. The van der Waals surface area contributed by atoms with Crippen molar-refractivity contribution in [3.05, 3.63) is 59.4 Å². The summed E-state index contributed by atoms with van der Waals surface area (Å²) < 4.78 is 13.1. The third-order valence-electron chi connectivity index (χ3n) is 4.60. The molecule has 6 heteroatoms. The number of halogens is 1. The first kappa shape index (κ1) is 17.9. The number of carbonyl (C=O) groups excluding carboxylic acids is 1. The zero-order valence-corrected chi connectivity index (χ0v) is 14.5. The lowest BCUT2D eigenvalue weighted by molar-refractivity contribution is 0.0696. The molecule has 0 saturated carbocycles. The summed E-state index contributed by atoms with van der Waals surface area (Å²) in [5.74, 6) is -1.35. The van der Waals surface area contributed by atoms with Crippen molar-refractivity contribution in [2.24, 2.45) is 5.92 Å². The van der Waals surface area contributed by atoms with E-state index >= 15 is 0 Å². The van der Waals surface area contributed by atoms with Gasteiger partial charge >= 0.3 is 5.97 Å². The Bertz CT molecular complexity index is 820. The summed E-state index contributed by atoms with van der Waals surface area (Å²) in [4.78, 5) is 26.0. The van der Waals surface area contributed by atoms with Crippen molar-refractivity contribution >= 4 is 23.3 Å². The number of piperidine rings is 1. The van der Waals surface area contributed by atoms with E-state index in [4.69, 9.17) is 0 Å². The fourth-order valence-corrected chi connectivity index (χ4v) is 3.25. The first-order chi connectivity index (χ1) is 12.4. The minimum Gasteiger partial charge on any atom is -0.478 e. The monoisotopic (exact) mass is 356 g/mol. The van der Waals surface area contributed by atoms with Gasteiger partial charge in [0.05, 0.1) is 16.9 Å². The fourth-order valence-electron chi connectivity index (χ4n) is 3.25. The summed E-state index contributed by atoms with van der Waals surface area (Å²) in [6, 6.07) is 9.99. The standard InChI is InChI=1S/C20H21FN2O3/c1-13-3-2-10-23(12-13)18-9-6-15(20(25)26)11-17(18)22-19(24)14-4-7-16(21)8-5-14/h4-9,11,13H,2-3,10,12H2,1H3,(H,22,24)(H,25,26)/t13-/m0/s1. The van der Waals surface area contributed by atoms with Crippen LogP contribution in [0, 0.1) is 11.7 Å². The molecule has 0 bridgehead atoms. The van der Waals surface area contributed by atoms with E-state index in [0.29, 0.717) is 17.2 Å². The van der Waals surface area contributed by atoms with Crippen molar-refractivity contribution < 1.29 is 19.1 Å². The van der Waals surface area contributed by atoms with E-state index in [0.717, 1.165) is 31.6 Å². The van der Waals surface area contributed by atoms with E-state index in [1.54, 1.807) is 12.1 Å². The largest absolute Gasteiger partial charge is 0.478 e. The van der Waals surface area contributed by atoms with Gasteiger partial charge in [0.1, 0.15) is 5.82 Å². The fraction of sp³-hybridized carbons (Fsp3) is 0.300. The van der Waals surface area contributed by atoms with Gasteiger partial charge in [-0.25, -0.2) is 9.18 Å². The number of hydrogen-bond donors (Lipinski definition) is 2. The molecule has 0 unspecified atom stereocenters. The minimum atomic E-state index is -1.05. The summed E-state index contributed by atoms with van der Waals surface area (Å²) in [6.45, 7) is 3.89. The van der Waals surface area contributed by atoms with Gasteiger partial charge in [0.2, 0.25) is 0 Å². The number of benzene rings is 2. The number of amides is 1. The van der Waals surface area contributed by atoms with E-state index < -0.39 is 17.7 Å². The van der Waals surface area contributed by atoms with Gasteiger partial charge in [-0.1, -0.05) is 6.92 Å². The molecule has 5 nitrogen and oxygen atoms in total. The molecule has 0 aliphatic carbocycles. The molecule has 1 amide bonds. The summed E-state index contributed by atoms with van der Waals surface area (Å²) in [5.41, 5.74) is 1.67. The van der Waals surface area contributed by atoms with Crippen LogP contribution in [0.15, 0.2) is 42.5 Å². The van der Waals surface area contributed by atoms with Gasteiger partial charge in [-0.05, 0) is 61.2 Å². The molecule has 1 aliphatic rings. The Morgan fingerprint density at radius 3 is 2.50 bits per heavy atom. The number of nitrogens with one attached hydrogen (secondary N) is 1. The maximum absolute atomic E-state index is 13.1. The SMILES string of the molecule is C[C@H]1CCCN(c2ccc(C(=O)O)cc2NC(=O)c2ccc(F)cc2)C1. The molecule has 1 heterocycles. The Hall–Kier alpha value is -2.89. The molecule has 2 aromatic rings. The van der Waals surface area contributed by atoms with Crippen LogP contribution in [0.25, 0.3) is 0 Å².